The number of fused-ring (bicyclic) bond motifs is 1. The van der Waals surface area contributed by atoms with Crippen molar-refractivity contribution in [1.29, 1.82) is 0 Å². The van der Waals surface area contributed by atoms with E-state index >= 15 is 0 Å². The van der Waals surface area contributed by atoms with Crippen LogP contribution in [0.3, 0.4) is 0 Å². The Morgan fingerprint density at radius 1 is 0.809 bits per heavy atom. The van der Waals surface area contributed by atoms with Crippen molar-refractivity contribution in [3.8, 4) is 11.5 Å². The minimum absolute atomic E-state index is 0.0276. The minimum atomic E-state index is -0.468. The van der Waals surface area contributed by atoms with Gasteiger partial charge in [-0.3, -0.25) is 19.2 Å². The van der Waals surface area contributed by atoms with Gasteiger partial charge in [-0.25, -0.2) is 0 Å². The van der Waals surface area contributed by atoms with Crippen molar-refractivity contribution in [3.05, 3.63) is 22.3 Å². The van der Waals surface area contributed by atoms with Gasteiger partial charge >= 0.3 is 5.97 Å². The van der Waals surface area contributed by atoms with Crippen LogP contribution in [0.25, 0.3) is 0 Å². The van der Waals surface area contributed by atoms with Gasteiger partial charge < -0.3 is 20.1 Å². The molecular formula is C39H63N2O6. The van der Waals surface area contributed by atoms with E-state index in [2.05, 4.69) is 45.3 Å². The molecule has 0 aliphatic carbocycles. The molecule has 2 N–H and O–H groups in total. The van der Waals surface area contributed by atoms with Crippen LogP contribution in [-0.4, -0.2) is 42.8 Å². The summed E-state index contributed by atoms with van der Waals surface area (Å²) in [5.74, 6) is 2.82. The molecule has 1 aliphatic rings. The van der Waals surface area contributed by atoms with Crippen LogP contribution >= 0.6 is 0 Å². The molecule has 1 heterocycles. The molecule has 1 aromatic carbocycles. The second kappa shape index (κ2) is 20.5. The number of carbonyl (C=O) groups excluding carboxylic acids is 4. The Balaban J connectivity index is 1.81. The summed E-state index contributed by atoms with van der Waals surface area (Å²) in [7, 11) is 0. The van der Waals surface area contributed by atoms with Gasteiger partial charge in [0.1, 0.15) is 17.1 Å². The molecule has 0 fully saturated rings. The predicted molar refractivity (Wildman–Crippen MR) is 189 cm³/mol. The van der Waals surface area contributed by atoms with E-state index in [1.54, 1.807) is 6.29 Å². The molecule has 1 aliphatic heterocycles. The Morgan fingerprint density at radius 3 is 2.04 bits per heavy atom. The second-order valence-electron chi connectivity index (χ2n) is 14.7. The summed E-state index contributed by atoms with van der Waals surface area (Å²) in [5.41, 5.74) is 3.70. The molecule has 0 saturated heterocycles. The highest BCUT2D eigenvalue weighted by atomic mass is 16.5. The van der Waals surface area contributed by atoms with Gasteiger partial charge in [-0.05, 0) is 87.8 Å². The van der Waals surface area contributed by atoms with Crippen molar-refractivity contribution < 1.29 is 28.7 Å². The zero-order valence-electron chi connectivity index (χ0n) is 30.7. The van der Waals surface area contributed by atoms with Crippen molar-refractivity contribution in [3.63, 3.8) is 0 Å². The summed E-state index contributed by atoms with van der Waals surface area (Å²) >= 11 is 0. The van der Waals surface area contributed by atoms with E-state index in [1.165, 1.54) is 44.9 Å². The van der Waals surface area contributed by atoms with Gasteiger partial charge in [0.15, 0.2) is 6.29 Å². The molecule has 0 unspecified atom stereocenters. The number of hydrogen-bond donors (Lipinski definition) is 2. The van der Waals surface area contributed by atoms with Crippen LogP contribution in [-0.2, 0) is 25.6 Å². The highest BCUT2D eigenvalue weighted by Crippen LogP contribution is 2.45. The molecule has 0 bridgehead atoms. The maximum Gasteiger partial charge on any atom is 0.311 e. The van der Waals surface area contributed by atoms with E-state index < -0.39 is 5.97 Å². The Morgan fingerprint density at radius 2 is 1.40 bits per heavy atom. The van der Waals surface area contributed by atoms with E-state index in [0.717, 1.165) is 71.4 Å². The average molecular weight is 656 g/mol. The van der Waals surface area contributed by atoms with Gasteiger partial charge in [-0.15, -0.1) is 0 Å². The minimum Gasteiger partial charge on any atom is -0.487 e. The SMILES string of the molecule is Cc1c(C)c2c(c(C)c1OC(=O)CCC(=O)NCCC(=O)NCC[C]=O)CC[C@@](C)(CCC[C@H](C)CCC[C@H](C)CCCC(C)C)O2. The van der Waals surface area contributed by atoms with E-state index in [-0.39, 0.29) is 56.2 Å². The van der Waals surface area contributed by atoms with Crippen LogP contribution in [0.2, 0.25) is 0 Å². The largest absolute Gasteiger partial charge is 0.487 e. The second-order valence-corrected chi connectivity index (χ2v) is 14.7. The number of amides is 2. The molecule has 47 heavy (non-hydrogen) atoms. The quantitative estimate of drug-likeness (QED) is 0.0746. The maximum atomic E-state index is 12.7. The summed E-state index contributed by atoms with van der Waals surface area (Å²) in [6.45, 7) is 18.0. The average Bonchev–Trinajstić information content (AvgIpc) is 3.01. The summed E-state index contributed by atoms with van der Waals surface area (Å²) < 4.78 is 12.6. The molecule has 0 spiro atoms. The Bertz CT molecular complexity index is 1180. The van der Waals surface area contributed by atoms with E-state index in [9.17, 15) is 19.2 Å². The molecule has 2 rings (SSSR count). The van der Waals surface area contributed by atoms with Crippen LogP contribution in [0.4, 0.5) is 0 Å². The molecule has 265 valence electrons. The fourth-order valence-electron chi connectivity index (χ4n) is 6.54. The van der Waals surface area contributed by atoms with Gasteiger partial charge in [0.05, 0.1) is 6.42 Å². The Kier molecular flexibility index (Phi) is 17.5. The molecule has 3 atom stereocenters. The zero-order valence-corrected chi connectivity index (χ0v) is 30.7. The molecular weight excluding hydrogens is 592 g/mol. The summed E-state index contributed by atoms with van der Waals surface area (Å²) in [6, 6.07) is 0. The monoisotopic (exact) mass is 655 g/mol. The number of ether oxygens (including phenoxy) is 2. The summed E-state index contributed by atoms with van der Waals surface area (Å²) in [4.78, 5) is 46.8. The number of benzene rings is 1. The van der Waals surface area contributed by atoms with E-state index in [4.69, 9.17) is 9.47 Å². The third-order valence-electron chi connectivity index (χ3n) is 9.83. The summed E-state index contributed by atoms with van der Waals surface area (Å²) in [5, 5.41) is 5.21. The van der Waals surface area contributed by atoms with Gasteiger partial charge in [0.2, 0.25) is 11.8 Å². The lowest BCUT2D eigenvalue weighted by Crippen LogP contribution is -2.37. The van der Waals surface area contributed by atoms with E-state index in [0.29, 0.717) is 5.75 Å². The number of hydrogen-bond acceptors (Lipinski definition) is 6. The van der Waals surface area contributed by atoms with Gasteiger partial charge in [-0.1, -0.05) is 72.6 Å². The fourth-order valence-corrected chi connectivity index (χ4v) is 6.54. The highest BCUT2D eigenvalue weighted by Gasteiger charge is 2.35. The predicted octanol–water partition coefficient (Wildman–Crippen LogP) is 7.94. The van der Waals surface area contributed by atoms with Crippen LogP contribution < -0.4 is 20.1 Å². The normalized spacial score (nSPS) is 17.0. The maximum absolute atomic E-state index is 12.7. The first-order chi connectivity index (χ1) is 22.3. The molecule has 8 nitrogen and oxygen atoms in total. The first-order valence-electron chi connectivity index (χ1n) is 18.2. The molecule has 8 heteroatoms. The van der Waals surface area contributed by atoms with Crippen molar-refractivity contribution in [2.24, 2.45) is 17.8 Å². The topological polar surface area (TPSA) is 111 Å². The van der Waals surface area contributed by atoms with Gasteiger partial charge in [-0.2, -0.15) is 0 Å². The summed E-state index contributed by atoms with van der Waals surface area (Å²) in [6.07, 6.45) is 15.1. The molecule has 0 saturated carbocycles. The van der Waals surface area contributed by atoms with E-state index in [1.807, 2.05) is 20.8 Å². The number of carbonyl (C=O) groups is 3. The van der Waals surface area contributed by atoms with Gasteiger partial charge in [0.25, 0.3) is 0 Å². The van der Waals surface area contributed by atoms with Crippen molar-refractivity contribution >= 4 is 24.1 Å². The number of rotatable bonds is 22. The number of nitrogens with one attached hydrogen (secondary N) is 2. The van der Waals surface area contributed by atoms with Crippen LogP contribution in [0.15, 0.2) is 0 Å². The third-order valence-corrected chi connectivity index (χ3v) is 9.83. The zero-order chi connectivity index (χ0) is 35.0. The standard InChI is InChI=1S/C39H63N2O6/c1-27(2)13-9-14-28(3)15-10-16-29(4)17-11-22-39(8)23-20-33-32(7)37(30(5)31(6)38(33)47-39)46-36(45)19-18-34(43)41-25-21-35(44)40-24-12-26-42/h27-29H,9-25H2,1-8H3,(H,40,44)(H,41,43)/t28-,29-,39-/m1/s1. The van der Waals surface area contributed by atoms with Crippen molar-refractivity contribution in [1.82, 2.24) is 10.6 Å². The van der Waals surface area contributed by atoms with Crippen molar-refractivity contribution in [2.45, 2.75) is 157 Å². The Labute approximate surface area is 284 Å². The lowest BCUT2D eigenvalue weighted by atomic mass is 9.83. The van der Waals surface area contributed by atoms with Crippen LogP contribution in [0, 0.1) is 38.5 Å². The molecule has 0 aromatic heterocycles. The first kappa shape index (κ1) is 40.3. The molecule has 1 radical (unpaired) electrons. The number of esters is 1. The fraction of sp³-hybridized carbons (Fsp3) is 0.744. The van der Waals surface area contributed by atoms with Gasteiger partial charge in [0, 0.05) is 37.9 Å². The third kappa shape index (κ3) is 14.4. The molecule has 1 aromatic rings. The molecule has 2 amide bonds. The highest BCUT2D eigenvalue weighted by molar-refractivity contribution is 5.83. The lowest BCUT2D eigenvalue weighted by Gasteiger charge is -2.38. The van der Waals surface area contributed by atoms with Crippen LogP contribution in [0.5, 0.6) is 11.5 Å². The smallest absolute Gasteiger partial charge is 0.311 e. The first-order valence-corrected chi connectivity index (χ1v) is 18.2. The van der Waals surface area contributed by atoms with Crippen LogP contribution in [0.1, 0.15) is 147 Å². The lowest BCUT2D eigenvalue weighted by molar-refractivity contribution is -0.136. The Hall–Kier alpha value is -2.90. The van der Waals surface area contributed by atoms with Crippen molar-refractivity contribution in [2.75, 3.05) is 13.1 Å².